The first-order chi connectivity index (χ1) is 9.72. The Kier molecular flexibility index (Phi) is 3.37. The molecule has 0 amide bonds. The summed E-state index contributed by atoms with van der Waals surface area (Å²) in [6.07, 6.45) is 0. The number of nitrogens with one attached hydrogen (secondary N) is 1. The highest BCUT2D eigenvalue weighted by atomic mass is 19.1. The minimum atomic E-state index is -0.218. The summed E-state index contributed by atoms with van der Waals surface area (Å²) in [5.41, 5.74) is 0.833. The standard InChI is InChI=1S/C14H15FN4O/c15-11-1-3-12(4-2-11)18-7-9-19(10-8-18)13-5-6-14(20)17-16-13/h1-6H,7-10H2,(H,17,20). The Labute approximate surface area is 115 Å². The van der Waals surface area contributed by atoms with Crippen LogP contribution in [0.3, 0.4) is 0 Å². The van der Waals surface area contributed by atoms with Crippen LogP contribution in [0.5, 0.6) is 0 Å². The fourth-order valence-corrected chi connectivity index (χ4v) is 2.36. The zero-order chi connectivity index (χ0) is 13.9. The van der Waals surface area contributed by atoms with E-state index in [1.165, 1.54) is 18.2 Å². The number of aromatic amines is 1. The fraction of sp³-hybridized carbons (Fsp3) is 0.286. The van der Waals surface area contributed by atoms with Crippen molar-refractivity contribution in [2.24, 2.45) is 0 Å². The summed E-state index contributed by atoms with van der Waals surface area (Å²) >= 11 is 0. The molecule has 0 atom stereocenters. The van der Waals surface area contributed by atoms with Crippen LogP contribution in [0.15, 0.2) is 41.2 Å². The van der Waals surface area contributed by atoms with Crippen LogP contribution in [0, 0.1) is 5.82 Å². The van der Waals surface area contributed by atoms with Crippen molar-refractivity contribution in [1.29, 1.82) is 0 Å². The van der Waals surface area contributed by atoms with Gasteiger partial charge in [0, 0.05) is 37.9 Å². The van der Waals surface area contributed by atoms with Crippen LogP contribution >= 0.6 is 0 Å². The number of anilines is 2. The smallest absolute Gasteiger partial charge is 0.264 e. The Morgan fingerprint density at radius 2 is 1.60 bits per heavy atom. The summed E-state index contributed by atoms with van der Waals surface area (Å²) in [5.74, 6) is 0.563. The second-order valence-corrected chi connectivity index (χ2v) is 4.73. The zero-order valence-corrected chi connectivity index (χ0v) is 10.9. The summed E-state index contributed by atoms with van der Waals surface area (Å²) < 4.78 is 12.9. The van der Waals surface area contributed by atoms with Gasteiger partial charge in [-0.1, -0.05) is 0 Å². The molecule has 3 rings (SSSR count). The van der Waals surface area contributed by atoms with Crippen LogP contribution < -0.4 is 15.4 Å². The average Bonchev–Trinajstić information content (AvgIpc) is 2.49. The summed E-state index contributed by atoms with van der Waals surface area (Å²) in [6.45, 7) is 3.31. The van der Waals surface area contributed by atoms with Gasteiger partial charge in [0.1, 0.15) is 11.6 Å². The normalized spacial score (nSPS) is 15.4. The molecule has 0 radical (unpaired) electrons. The summed E-state index contributed by atoms with van der Waals surface area (Å²) in [5, 5.41) is 6.48. The average molecular weight is 274 g/mol. The summed E-state index contributed by atoms with van der Waals surface area (Å²) in [4.78, 5) is 15.3. The Morgan fingerprint density at radius 1 is 0.950 bits per heavy atom. The van der Waals surface area contributed by atoms with Gasteiger partial charge in [-0.05, 0) is 30.3 Å². The van der Waals surface area contributed by atoms with Crippen LogP contribution in [0.25, 0.3) is 0 Å². The topological polar surface area (TPSA) is 52.2 Å². The van der Waals surface area contributed by atoms with E-state index in [9.17, 15) is 9.18 Å². The van der Waals surface area contributed by atoms with Crippen molar-refractivity contribution in [3.8, 4) is 0 Å². The minimum absolute atomic E-state index is 0.196. The predicted molar refractivity (Wildman–Crippen MR) is 75.7 cm³/mol. The maximum Gasteiger partial charge on any atom is 0.264 e. The van der Waals surface area contributed by atoms with Gasteiger partial charge in [0.15, 0.2) is 0 Å². The Hall–Kier alpha value is -2.37. The van der Waals surface area contributed by atoms with Gasteiger partial charge < -0.3 is 9.80 Å². The Bertz CT molecular complexity index is 612. The highest BCUT2D eigenvalue weighted by Gasteiger charge is 2.18. The molecule has 0 bridgehead atoms. The first-order valence-corrected chi connectivity index (χ1v) is 6.53. The lowest BCUT2D eigenvalue weighted by Crippen LogP contribution is -2.47. The first-order valence-electron chi connectivity index (χ1n) is 6.53. The van der Waals surface area contributed by atoms with Crippen LogP contribution in [-0.2, 0) is 0 Å². The van der Waals surface area contributed by atoms with Gasteiger partial charge in [0.25, 0.3) is 5.56 Å². The molecule has 1 fully saturated rings. The minimum Gasteiger partial charge on any atom is -0.368 e. The van der Waals surface area contributed by atoms with E-state index in [0.29, 0.717) is 0 Å². The molecule has 20 heavy (non-hydrogen) atoms. The third-order valence-electron chi connectivity index (χ3n) is 3.46. The van der Waals surface area contributed by atoms with Gasteiger partial charge in [-0.15, -0.1) is 0 Å². The zero-order valence-electron chi connectivity index (χ0n) is 10.9. The van der Waals surface area contributed by atoms with Gasteiger partial charge in [-0.25, -0.2) is 9.49 Å². The number of piperazine rings is 1. The molecule has 2 aromatic rings. The molecule has 5 nitrogen and oxygen atoms in total. The van der Waals surface area contributed by atoms with E-state index in [-0.39, 0.29) is 11.4 Å². The third-order valence-corrected chi connectivity index (χ3v) is 3.46. The van der Waals surface area contributed by atoms with E-state index in [2.05, 4.69) is 20.0 Å². The molecular weight excluding hydrogens is 259 g/mol. The van der Waals surface area contributed by atoms with E-state index in [4.69, 9.17) is 0 Å². The van der Waals surface area contributed by atoms with Crippen molar-refractivity contribution in [3.63, 3.8) is 0 Å². The molecule has 104 valence electrons. The largest absolute Gasteiger partial charge is 0.368 e. The van der Waals surface area contributed by atoms with Crippen molar-refractivity contribution in [2.45, 2.75) is 0 Å². The summed E-state index contributed by atoms with van der Waals surface area (Å²) in [7, 11) is 0. The van der Waals surface area contributed by atoms with E-state index in [1.807, 2.05) is 0 Å². The van der Waals surface area contributed by atoms with E-state index in [0.717, 1.165) is 37.7 Å². The van der Waals surface area contributed by atoms with Gasteiger partial charge in [-0.3, -0.25) is 4.79 Å². The third kappa shape index (κ3) is 2.64. The second-order valence-electron chi connectivity index (χ2n) is 4.73. The van der Waals surface area contributed by atoms with Crippen LogP contribution in [0.4, 0.5) is 15.9 Å². The van der Waals surface area contributed by atoms with Crippen molar-refractivity contribution in [1.82, 2.24) is 10.2 Å². The molecular formula is C14H15FN4O. The molecule has 1 aromatic heterocycles. The Balaban J connectivity index is 1.66. The molecule has 1 aromatic carbocycles. The number of rotatable bonds is 2. The predicted octanol–water partition coefficient (Wildman–Crippen LogP) is 1.24. The highest BCUT2D eigenvalue weighted by molar-refractivity contribution is 5.49. The molecule has 6 heteroatoms. The monoisotopic (exact) mass is 274 g/mol. The molecule has 1 saturated heterocycles. The van der Waals surface area contributed by atoms with Crippen molar-refractivity contribution >= 4 is 11.5 Å². The quantitative estimate of drug-likeness (QED) is 0.895. The number of hydrogen-bond acceptors (Lipinski definition) is 4. The molecule has 1 aliphatic rings. The molecule has 0 aliphatic carbocycles. The number of hydrogen-bond donors (Lipinski definition) is 1. The molecule has 2 heterocycles. The van der Waals surface area contributed by atoms with E-state index in [1.54, 1.807) is 18.2 Å². The first kappa shape index (κ1) is 12.7. The Morgan fingerprint density at radius 3 is 2.20 bits per heavy atom. The lowest BCUT2D eigenvalue weighted by Gasteiger charge is -2.36. The number of nitrogens with zero attached hydrogens (tertiary/aromatic N) is 3. The van der Waals surface area contributed by atoms with Gasteiger partial charge in [0.2, 0.25) is 0 Å². The van der Waals surface area contributed by atoms with E-state index >= 15 is 0 Å². The van der Waals surface area contributed by atoms with Gasteiger partial charge in [-0.2, -0.15) is 5.10 Å². The molecule has 0 unspecified atom stereocenters. The lowest BCUT2D eigenvalue weighted by atomic mass is 10.2. The fourth-order valence-electron chi connectivity index (χ4n) is 2.36. The number of halogens is 1. The van der Waals surface area contributed by atoms with Gasteiger partial charge >= 0.3 is 0 Å². The van der Waals surface area contributed by atoms with Crippen molar-refractivity contribution in [2.75, 3.05) is 36.0 Å². The number of H-pyrrole nitrogens is 1. The second kappa shape index (κ2) is 5.32. The maximum atomic E-state index is 12.9. The number of aromatic nitrogens is 2. The summed E-state index contributed by atoms with van der Waals surface area (Å²) in [6, 6.07) is 9.75. The maximum absolute atomic E-state index is 12.9. The molecule has 0 saturated carbocycles. The van der Waals surface area contributed by atoms with Crippen molar-refractivity contribution < 1.29 is 4.39 Å². The lowest BCUT2D eigenvalue weighted by molar-refractivity contribution is 0.623. The van der Waals surface area contributed by atoms with Crippen LogP contribution in [0.1, 0.15) is 0 Å². The SMILES string of the molecule is O=c1ccc(N2CCN(c3ccc(F)cc3)CC2)n[nH]1. The van der Waals surface area contributed by atoms with Gasteiger partial charge in [0.05, 0.1) is 0 Å². The highest BCUT2D eigenvalue weighted by Crippen LogP contribution is 2.18. The molecule has 1 N–H and O–H groups in total. The molecule has 0 spiro atoms. The van der Waals surface area contributed by atoms with Crippen LogP contribution in [0.2, 0.25) is 0 Å². The molecule has 1 aliphatic heterocycles. The van der Waals surface area contributed by atoms with Crippen molar-refractivity contribution in [3.05, 3.63) is 52.6 Å². The number of benzene rings is 1. The van der Waals surface area contributed by atoms with Crippen LogP contribution in [-0.4, -0.2) is 36.4 Å². The van der Waals surface area contributed by atoms with E-state index < -0.39 is 0 Å².